The number of piperidine rings is 1. The minimum Gasteiger partial charge on any atom is -0.490 e. The Labute approximate surface area is 151 Å². The highest BCUT2D eigenvalue weighted by molar-refractivity contribution is 6.32. The molecule has 0 radical (unpaired) electrons. The molecule has 2 amide bonds. The van der Waals surface area contributed by atoms with Gasteiger partial charge in [-0.3, -0.25) is 4.79 Å². The molecule has 2 atom stereocenters. The number of nitrogens with zero attached hydrogens (tertiary/aromatic N) is 1. The molecule has 0 aromatic heterocycles. The van der Waals surface area contributed by atoms with Crippen LogP contribution < -0.4 is 10.1 Å². The molecule has 1 aromatic rings. The topological polar surface area (TPSA) is 88.1 Å². The summed E-state index contributed by atoms with van der Waals surface area (Å²) >= 11 is 6.16. The van der Waals surface area contributed by atoms with Crippen molar-refractivity contribution in [3.63, 3.8) is 0 Å². The van der Waals surface area contributed by atoms with Crippen molar-refractivity contribution >= 4 is 29.3 Å². The molecule has 0 saturated carbocycles. The third-order valence-corrected chi connectivity index (χ3v) is 4.32. The maximum atomic E-state index is 12.4. The van der Waals surface area contributed by atoms with Crippen molar-refractivity contribution in [1.29, 1.82) is 0 Å². The lowest BCUT2D eigenvalue weighted by atomic mass is 9.91. The molecule has 2 rings (SSSR count). The van der Waals surface area contributed by atoms with Gasteiger partial charge in [-0.15, -0.1) is 0 Å². The Balaban J connectivity index is 1.97. The van der Waals surface area contributed by atoms with Crippen molar-refractivity contribution < 1.29 is 24.2 Å². The van der Waals surface area contributed by atoms with Gasteiger partial charge in [0.25, 0.3) is 0 Å². The van der Waals surface area contributed by atoms with Crippen LogP contribution in [0.1, 0.15) is 13.3 Å². The van der Waals surface area contributed by atoms with Crippen LogP contribution in [0.3, 0.4) is 0 Å². The minimum atomic E-state index is -0.870. The highest BCUT2D eigenvalue weighted by Gasteiger charge is 2.31. The molecule has 2 N–H and O–H groups in total. The van der Waals surface area contributed by atoms with Crippen LogP contribution in [0.15, 0.2) is 18.2 Å². The van der Waals surface area contributed by atoms with Crippen LogP contribution >= 0.6 is 11.6 Å². The van der Waals surface area contributed by atoms with E-state index in [0.717, 1.165) is 0 Å². The van der Waals surface area contributed by atoms with Crippen LogP contribution in [0.2, 0.25) is 5.02 Å². The number of hydrogen-bond donors (Lipinski definition) is 2. The summed E-state index contributed by atoms with van der Waals surface area (Å²) in [6, 6.07) is 4.63. The van der Waals surface area contributed by atoms with E-state index < -0.39 is 11.9 Å². The molecule has 1 aliphatic rings. The fourth-order valence-corrected chi connectivity index (χ4v) is 3.06. The van der Waals surface area contributed by atoms with Crippen molar-refractivity contribution in [2.24, 2.45) is 11.8 Å². The molecule has 25 heavy (non-hydrogen) atoms. The van der Waals surface area contributed by atoms with E-state index in [1.807, 2.05) is 6.92 Å². The average Bonchev–Trinajstić information content (AvgIpc) is 2.56. The molecular weight excluding hydrogens is 348 g/mol. The smallest absolute Gasteiger partial charge is 0.321 e. The van der Waals surface area contributed by atoms with Crippen molar-refractivity contribution in [2.75, 3.05) is 38.7 Å². The molecule has 0 aliphatic carbocycles. The summed E-state index contributed by atoms with van der Waals surface area (Å²) in [4.78, 5) is 25.2. The molecule has 1 aromatic carbocycles. The van der Waals surface area contributed by atoms with Crippen LogP contribution in [0.5, 0.6) is 5.75 Å². The second kappa shape index (κ2) is 8.92. The van der Waals surface area contributed by atoms with E-state index in [-0.39, 0.29) is 18.5 Å². The van der Waals surface area contributed by atoms with Crippen molar-refractivity contribution in [3.05, 3.63) is 23.2 Å². The molecule has 2 unspecified atom stereocenters. The van der Waals surface area contributed by atoms with Gasteiger partial charge in [-0.2, -0.15) is 0 Å². The Hall–Kier alpha value is -1.99. The van der Waals surface area contributed by atoms with Crippen LogP contribution in [-0.2, 0) is 9.53 Å². The van der Waals surface area contributed by atoms with E-state index >= 15 is 0 Å². The van der Waals surface area contributed by atoms with E-state index in [4.69, 9.17) is 21.1 Å². The number of rotatable bonds is 6. The quantitative estimate of drug-likeness (QED) is 0.751. The monoisotopic (exact) mass is 370 g/mol. The van der Waals surface area contributed by atoms with Crippen LogP contribution in [0, 0.1) is 11.8 Å². The number of methoxy groups -OCH3 is 1. The molecule has 0 spiro atoms. The minimum absolute atomic E-state index is 0.140. The second-order valence-corrected chi connectivity index (χ2v) is 6.60. The number of ether oxygens (including phenoxy) is 2. The lowest BCUT2D eigenvalue weighted by Gasteiger charge is -2.34. The Morgan fingerprint density at radius 2 is 2.12 bits per heavy atom. The van der Waals surface area contributed by atoms with Crippen molar-refractivity contribution in [2.45, 2.75) is 13.3 Å². The third-order valence-electron chi connectivity index (χ3n) is 4.02. The number of anilines is 1. The van der Waals surface area contributed by atoms with Gasteiger partial charge in [-0.1, -0.05) is 18.5 Å². The molecule has 138 valence electrons. The summed E-state index contributed by atoms with van der Waals surface area (Å²) in [7, 11) is 1.58. The molecule has 1 aliphatic heterocycles. The first kappa shape index (κ1) is 19.3. The number of aliphatic carboxylic acids is 1. The van der Waals surface area contributed by atoms with Crippen molar-refractivity contribution in [1.82, 2.24) is 4.90 Å². The normalized spacial score (nSPS) is 20.2. The molecule has 1 fully saturated rings. The summed E-state index contributed by atoms with van der Waals surface area (Å²) in [5.74, 6) is -0.755. The Morgan fingerprint density at radius 3 is 2.76 bits per heavy atom. The number of urea groups is 1. The number of benzene rings is 1. The highest BCUT2D eigenvalue weighted by Crippen LogP contribution is 2.28. The molecule has 1 heterocycles. The number of amides is 2. The van der Waals surface area contributed by atoms with E-state index in [2.05, 4.69) is 5.32 Å². The zero-order valence-electron chi connectivity index (χ0n) is 14.3. The molecule has 8 heteroatoms. The fourth-order valence-electron chi connectivity index (χ4n) is 2.83. The van der Waals surface area contributed by atoms with Crippen LogP contribution in [0.25, 0.3) is 0 Å². The Morgan fingerprint density at radius 1 is 1.36 bits per heavy atom. The molecule has 7 nitrogen and oxygen atoms in total. The standard InChI is InChI=1S/C17H23ClN2O5/c1-11-7-12(16(21)22)10-20(9-11)17(23)19-13-3-4-15(14(18)8-13)25-6-5-24-2/h3-4,8,11-12H,5-7,9-10H2,1-2H3,(H,19,23)(H,21,22). The summed E-state index contributed by atoms with van der Waals surface area (Å²) in [6.07, 6.45) is 0.582. The number of carboxylic acid groups (broad SMARTS) is 1. The highest BCUT2D eigenvalue weighted by atomic mass is 35.5. The summed E-state index contributed by atoms with van der Waals surface area (Å²) in [5, 5.41) is 12.3. The second-order valence-electron chi connectivity index (χ2n) is 6.20. The van der Waals surface area contributed by atoms with Gasteiger partial charge in [0.2, 0.25) is 0 Å². The number of carbonyl (C=O) groups excluding carboxylic acids is 1. The predicted molar refractivity (Wildman–Crippen MR) is 94.3 cm³/mol. The number of carbonyl (C=O) groups is 2. The first-order chi connectivity index (χ1) is 11.9. The van der Waals surface area contributed by atoms with Gasteiger partial charge in [-0.05, 0) is 30.5 Å². The van der Waals surface area contributed by atoms with E-state index in [1.54, 1.807) is 25.3 Å². The largest absolute Gasteiger partial charge is 0.490 e. The Kier molecular flexibility index (Phi) is 6.90. The lowest BCUT2D eigenvalue weighted by Crippen LogP contribution is -2.47. The van der Waals surface area contributed by atoms with Gasteiger partial charge in [0.05, 0.1) is 17.5 Å². The number of hydrogen-bond acceptors (Lipinski definition) is 4. The third kappa shape index (κ3) is 5.51. The maximum Gasteiger partial charge on any atom is 0.321 e. The number of likely N-dealkylation sites (tertiary alicyclic amines) is 1. The van der Waals surface area contributed by atoms with Gasteiger partial charge in [0, 0.05) is 25.9 Å². The molecule has 0 bridgehead atoms. The van der Waals surface area contributed by atoms with Gasteiger partial charge in [-0.25, -0.2) is 4.79 Å². The summed E-state index contributed by atoms with van der Waals surface area (Å²) in [6.45, 7) is 3.51. The van der Waals surface area contributed by atoms with Gasteiger partial charge >= 0.3 is 12.0 Å². The van der Waals surface area contributed by atoms with E-state index in [9.17, 15) is 14.7 Å². The average molecular weight is 371 g/mol. The van der Waals surface area contributed by atoms with Gasteiger partial charge in [0.1, 0.15) is 12.4 Å². The summed E-state index contributed by atoms with van der Waals surface area (Å²) < 4.78 is 10.4. The zero-order valence-corrected chi connectivity index (χ0v) is 15.1. The lowest BCUT2D eigenvalue weighted by molar-refractivity contribution is -0.143. The first-order valence-corrected chi connectivity index (χ1v) is 8.48. The Bertz CT molecular complexity index is 625. The first-order valence-electron chi connectivity index (χ1n) is 8.10. The van der Waals surface area contributed by atoms with Gasteiger partial charge < -0.3 is 24.8 Å². The van der Waals surface area contributed by atoms with Crippen molar-refractivity contribution in [3.8, 4) is 5.75 Å². The molecular formula is C17H23ClN2O5. The maximum absolute atomic E-state index is 12.4. The number of nitrogens with one attached hydrogen (secondary N) is 1. The SMILES string of the molecule is COCCOc1ccc(NC(=O)N2CC(C)CC(C(=O)O)C2)cc1Cl. The number of carboxylic acids is 1. The fraction of sp³-hybridized carbons (Fsp3) is 0.529. The molecule has 1 saturated heterocycles. The summed E-state index contributed by atoms with van der Waals surface area (Å²) in [5.41, 5.74) is 0.527. The van der Waals surface area contributed by atoms with E-state index in [0.29, 0.717) is 42.6 Å². The number of halogens is 1. The van der Waals surface area contributed by atoms with Gasteiger partial charge in [0.15, 0.2) is 0 Å². The van der Waals surface area contributed by atoms with E-state index in [1.165, 1.54) is 4.90 Å². The van der Waals surface area contributed by atoms with Crippen LogP contribution in [0.4, 0.5) is 10.5 Å². The van der Waals surface area contributed by atoms with Crippen LogP contribution in [-0.4, -0.2) is 55.4 Å². The zero-order chi connectivity index (χ0) is 18.4. The predicted octanol–water partition coefficient (Wildman–Crippen LogP) is 2.94.